The normalized spacial score (nSPS) is 14.3. The van der Waals surface area contributed by atoms with Gasteiger partial charge in [0.2, 0.25) is 0 Å². The Morgan fingerprint density at radius 2 is 1.82 bits per heavy atom. The maximum Gasteiger partial charge on any atom is 0.410 e. The second kappa shape index (κ2) is 17.7. The molecule has 1 amide bonds. The van der Waals surface area contributed by atoms with Crippen LogP contribution in [0.15, 0.2) is 48.5 Å². The van der Waals surface area contributed by atoms with Crippen LogP contribution in [0.3, 0.4) is 0 Å². The van der Waals surface area contributed by atoms with Gasteiger partial charge in [-0.1, -0.05) is 36.7 Å². The van der Waals surface area contributed by atoms with Gasteiger partial charge in [-0.2, -0.15) is 5.10 Å². The lowest BCUT2D eigenvalue weighted by atomic mass is 9.93. The van der Waals surface area contributed by atoms with Gasteiger partial charge in [-0.15, -0.1) is 0 Å². The summed E-state index contributed by atoms with van der Waals surface area (Å²) in [6.07, 6.45) is 1.85. The van der Waals surface area contributed by atoms with Crippen LogP contribution in [0.2, 0.25) is 5.02 Å². The molecular weight excluding hydrogens is 737 g/mol. The molecule has 13 heteroatoms. The van der Waals surface area contributed by atoms with Crippen LogP contribution in [0.4, 0.5) is 9.18 Å². The largest absolute Gasteiger partial charge is 0.493 e. The topological polar surface area (TPSA) is 111 Å². The number of aryl methyl sites for hydroxylation is 2. The summed E-state index contributed by atoms with van der Waals surface area (Å²) in [6, 6.07) is 13.5. The smallest absolute Gasteiger partial charge is 0.410 e. The fourth-order valence-corrected chi connectivity index (χ4v) is 7.81. The zero-order chi connectivity index (χ0) is 40.1. The Labute approximate surface area is 333 Å². The number of halogens is 2. The van der Waals surface area contributed by atoms with Crippen LogP contribution >= 0.6 is 11.6 Å². The van der Waals surface area contributed by atoms with Gasteiger partial charge in [-0.05, 0) is 94.7 Å². The highest BCUT2D eigenvalue weighted by molar-refractivity contribution is 6.35. The van der Waals surface area contributed by atoms with Gasteiger partial charge < -0.3 is 28.8 Å². The van der Waals surface area contributed by atoms with Crippen LogP contribution in [-0.2, 0) is 34.1 Å². The third-order valence-corrected chi connectivity index (χ3v) is 10.5. The van der Waals surface area contributed by atoms with E-state index < -0.39 is 23.7 Å². The first-order chi connectivity index (χ1) is 26.8. The lowest BCUT2D eigenvalue weighted by molar-refractivity contribution is 0.0148. The summed E-state index contributed by atoms with van der Waals surface area (Å²) in [5, 5.41) is 8.00. The van der Waals surface area contributed by atoms with E-state index in [4.69, 9.17) is 35.6 Å². The molecule has 1 aliphatic rings. The maximum absolute atomic E-state index is 13.9. The zero-order valence-corrected chi connectivity index (χ0v) is 34.2. The average molecular weight is 790 g/mol. The number of nitrogens with zero attached hydrogens (tertiary/aromatic N) is 4. The lowest BCUT2D eigenvalue weighted by Gasteiger charge is -2.33. The molecule has 300 valence electrons. The minimum absolute atomic E-state index is 0.209. The predicted molar refractivity (Wildman–Crippen MR) is 217 cm³/mol. The Bertz CT molecular complexity index is 2190. The van der Waals surface area contributed by atoms with E-state index in [0.717, 1.165) is 46.1 Å². The summed E-state index contributed by atoms with van der Waals surface area (Å²) in [4.78, 5) is 34.7. The first-order valence-electron chi connectivity index (χ1n) is 19.4. The molecule has 1 N–H and O–H groups in total. The van der Waals surface area contributed by atoms with Crippen LogP contribution in [0.1, 0.15) is 80.9 Å². The quantitative estimate of drug-likeness (QED) is 0.0878. The lowest BCUT2D eigenvalue weighted by Crippen LogP contribution is -2.41. The van der Waals surface area contributed by atoms with E-state index in [1.165, 1.54) is 12.1 Å². The number of H-pyrrole nitrogens is 1. The molecule has 11 nitrogen and oxygen atoms in total. The van der Waals surface area contributed by atoms with Crippen molar-refractivity contribution in [2.24, 2.45) is 7.05 Å². The van der Waals surface area contributed by atoms with Gasteiger partial charge in [0, 0.05) is 61.3 Å². The summed E-state index contributed by atoms with van der Waals surface area (Å²) in [5.74, 6) is -0.104. The number of amides is 1. The van der Waals surface area contributed by atoms with Gasteiger partial charge >= 0.3 is 12.1 Å². The predicted octanol–water partition coefficient (Wildman–Crippen LogP) is 8.90. The number of ether oxygens (including phenoxy) is 4. The van der Waals surface area contributed by atoms with Crippen LogP contribution in [0.5, 0.6) is 5.75 Å². The van der Waals surface area contributed by atoms with Crippen molar-refractivity contribution in [2.45, 2.75) is 71.9 Å². The molecule has 0 bridgehead atoms. The third-order valence-electron chi connectivity index (χ3n) is 10.2. The van der Waals surface area contributed by atoms with Crippen molar-refractivity contribution in [3.05, 3.63) is 82.0 Å². The van der Waals surface area contributed by atoms with Crippen molar-refractivity contribution in [3.63, 3.8) is 0 Å². The number of nitrogens with one attached hydrogen (secondary N) is 1. The highest BCUT2D eigenvalue weighted by atomic mass is 35.5. The Balaban J connectivity index is 1.41. The molecule has 6 rings (SSSR count). The molecule has 0 spiro atoms. The number of aromatic amines is 1. The number of carbonyl (C=O) groups is 2. The van der Waals surface area contributed by atoms with Gasteiger partial charge in [0.05, 0.1) is 48.7 Å². The van der Waals surface area contributed by atoms with E-state index in [9.17, 15) is 14.0 Å². The zero-order valence-electron chi connectivity index (χ0n) is 33.5. The number of fused-ring (bicyclic) bond motifs is 2. The van der Waals surface area contributed by atoms with Crippen molar-refractivity contribution in [1.82, 2.24) is 24.6 Å². The highest BCUT2D eigenvalue weighted by Crippen LogP contribution is 2.44. The van der Waals surface area contributed by atoms with E-state index >= 15 is 0 Å². The molecule has 3 heterocycles. The standard InChI is InChI=1S/C43H53ClFN5O6/c1-8-33-37(40(47-49(33)7)34(19-20-50-21-24-53-25-22-50)48(6)42(52)56-43(3,4)5)36-32(44)18-17-31-30(39(46-38(31)36)41(51)54-9-2)13-11-23-55-35-14-10-12-27-26-28(45)15-16-29(27)35/h10,12,14-18,26,34,46H,8-9,11,13,19-25H2,1-7H3/t34-/m1/s1. The molecule has 0 radical (unpaired) electrons. The van der Waals surface area contributed by atoms with E-state index in [1.807, 2.05) is 62.8 Å². The molecule has 2 aromatic heterocycles. The van der Waals surface area contributed by atoms with Crippen molar-refractivity contribution in [2.75, 3.05) is 53.1 Å². The third kappa shape index (κ3) is 8.98. The number of carbonyl (C=O) groups excluding carboxylic acids is 2. The van der Waals surface area contributed by atoms with Gasteiger partial charge in [0.1, 0.15) is 22.9 Å². The molecule has 1 fully saturated rings. The summed E-state index contributed by atoms with van der Waals surface area (Å²) < 4.78 is 39.0. The SMILES string of the molecule is CCOC(=O)c1[nH]c2c(-c3c([C@@H](CCN4CCOCC4)N(C)C(=O)OC(C)(C)C)nn(C)c3CC)c(Cl)ccc2c1CCCOc1cccc2cc(F)ccc12. The van der Waals surface area contributed by atoms with E-state index in [0.29, 0.717) is 85.3 Å². The summed E-state index contributed by atoms with van der Waals surface area (Å²) >= 11 is 7.19. The fraction of sp³-hybridized carbons (Fsp3) is 0.465. The second-order valence-corrected chi connectivity index (χ2v) is 15.6. The van der Waals surface area contributed by atoms with Crippen molar-refractivity contribution < 1.29 is 32.9 Å². The summed E-state index contributed by atoms with van der Waals surface area (Å²) in [6.45, 7) is 13.6. The fourth-order valence-electron chi connectivity index (χ4n) is 7.55. The van der Waals surface area contributed by atoms with Crippen LogP contribution in [-0.4, -0.2) is 95.3 Å². The van der Waals surface area contributed by atoms with Gasteiger partial charge in [0.25, 0.3) is 0 Å². The van der Waals surface area contributed by atoms with Crippen LogP contribution in [0.25, 0.3) is 32.8 Å². The molecule has 0 aliphatic carbocycles. The van der Waals surface area contributed by atoms with Gasteiger partial charge in [-0.3, -0.25) is 9.58 Å². The molecule has 1 atom stereocenters. The molecule has 0 saturated carbocycles. The van der Waals surface area contributed by atoms with E-state index in [-0.39, 0.29) is 12.4 Å². The van der Waals surface area contributed by atoms with Crippen LogP contribution < -0.4 is 4.74 Å². The monoisotopic (exact) mass is 789 g/mol. The Morgan fingerprint density at radius 1 is 1.07 bits per heavy atom. The van der Waals surface area contributed by atoms with Crippen molar-refractivity contribution in [1.29, 1.82) is 0 Å². The first-order valence-corrected chi connectivity index (χ1v) is 19.8. The number of rotatable bonds is 14. The first kappa shape index (κ1) is 41.0. The van der Waals surface area contributed by atoms with E-state index in [1.54, 1.807) is 24.9 Å². The van der Waals surface area contributed by atoms with Crippen molar-refractivity contribution in [3.8, 4) is 16.9 Å². The molecule has 1 aliphatic heterocycles. The Morgan fingerprint density at radius 3 is 2.54 bits per heavy atom. The Kier molecular flexibility index (Phi) is 12.9. The average Bonchev–Trinajstić information content (AvgIpc) is 3.69. The molecule has 5 aromatic rings. The minimum Gasteiger partial charge on any atom is -0.493 e. The number of benzene rings is 3. The number of morpholine rings is 1. The van der Waals surface area contributed by atoms with Gasteiger partial charge in [0.15, 0.2) is 0 Å². The number of esters is 1. The maximum atomic E-state index is 13.9. The molecule has 56 heavy (non-hydrogen) atoms. The van der Waals surface area contributed by atoms with E-state index in [2.05, 4.69) is 16.8 Å². The van der Waals surface area contributed by atoms with Crippen LogP contribution in [0, 0.1) is 5.82 Å². The summed E-state index contributed by atoms with van der Waals surface area (Å²) in [7, 11) is 3.66. The molecular formula is C43H53ClFN5O6. The molecule has 0 unspecified atom stereocenters. The number of hydrogen-bond acceptors (Lipinski definition) is 8. The summed E-state index contributed by atoms with van der Waals surface area (Å²) in [5.41, 5.74) is 4.27. The molecule has 3 aromatic carbocycles. The van der Waals surface area contributed by atoms with Crippen molar-refractivity contribution >= 4 is 45.3 Å². The highest BCUT2D eigenvalue weighted by Gasteiger charge is 2.34. The number of aromatic nitrogens is 3. The molecule has 1 saturated heterocycles. The number of hydrogen-bond donors (Lipinski definition) is 1. The Hall–Kier alpha value is -4.65. The minimum atomic E-state index is -0.694. The van der Waals surface area contributed by atoms with Gasteiger partial charge in [-0.25, -0.2) is 14.0 Å². The second-order valence-electron chi connectivity index (χ2n) is 15.2.